The van der Waals surface area contributed by atoms with Crippen LogP contribution in [0.3, 0.4) is 0 Å². The number of hydrogen-bond donors (Lipinski definition) is 1. The summed E-state index contributed by atoms with van der Waals surface area (Å²) >= 11 is 1.12. The number of aliphatic carboxylic acids is 1. The third-order valence-corrected chi connectivity index (χ3v) is 2.12. The second kappa shape index (κ2) is 3.76. The Morgan fingerprint density at radius 3 is 2.64 bits per heavy atom. The van der Waals surface area contributed by atoms with Gasteiger partial charge in [-0.15, -0.1) is 5.10 Å². The topological polar surface area (TPSA) is 63.1 Å². The van der Waals surface area contributed by atoms with Crippen LogP contribution in [-0.2, 0) is 10.2 Å². The van der Waals surface area contributed by atoms with Gasteiger partial charge < -0.3 is 5.11 Å². The number of carboxylic acid groups (broad SMARTS) is 1. The van der Waals surface area contributed by atoms with E-state index in [4.69, 9.17) is 5.11 Å². The van der Waals surface area contributed by atoms with E-state index in [0.29, 0.717) is 4.88 Å². The van der Waals surface area contributed by atoms with Crippen LogP contribution in [0.2, 0.25) is 0 Å². The van der Waals surface area contributed by atoms with Gasteiger partial charge in [0.15, 0.2) is 0 Å². The van der Waals surface area contributed by atoms with E-state index >= 15 is 0 Å². The number of carboxylic acids is 1. The molecule has 0 saturated heterocycles. The lowest BCUT2D eigenvalue weighted by atomic mass is 9.91. The molecule has 1 rings (SSSR count). The van der Waals surface area contributed by atoms with Crippen molar-refractivity contribution in [1.82, 2.24) is 9.59 Å². The van der Waals surface area contributed by atoms with E-state index in [-0.39, 0.29) is 5.41 Å². The van der Waals surface area contributed by atoms with E-state index in [1.54, 1.807) is 0 Å². The highest BCUT2D eigenvalue weighted by Crippen LogP contribution is 2.24. The van der Waals surface area contributed by atoms with E-state index in [9.17, 15) is 4.79 Å². The molecule has 0 spiro atoms. The van der Waals surface area contributed by atoms with Gasteiger partial charge in [0.25, 0.3) is 0 Å². The molecule has 14 heavy (non-hydrogen) atoms. The van der Waals surface area contributed by atoms with Crippen LogP contribution in [-0.4, -0.2) is 20.7 Å². The molecule has 0 unspecified atom stereocenters. The third kappa shape index (κ3) is 2.54. The summed E-state index contributed by atoms with van der Waals surface area (Å²) in [5.41, 5.74) is 0.589. The van der Waals surface area contributed by atoms with Gasteiger partial charge in [-0.05, 0) is 17.5 Å². The number of aromatic nitrogens is 2. The summed E-state index contributed by atoms with van der Waals surface area (Å²) < 4.78 is 3.76. The largest absolute Gasteiger partial charge is 0.472 e. The fraction of sp³-hybridized carbons (Fsp3) is 0.444. The van der Waals surface area contributed by atoms with Crippen LogP contribution in [0.4, 0.5) is 0 Å². The van der Waals surface area contributed by atoms with Gasteiger partial charge in [0.1, 0.15) is 4.88 Å². The molecule has 0 aliphatic rings. The van der Waals surface area contributed by atoms with Crippen molar-refractivity contribution in [3.63, 3.8) is 0 Å². The lowest BCUT2D eigenvalue weighted by Crippen LogP contribution is -2.13. The molecule has 1 aromatic heterocycles. The molecule has 0 fully saturated rings. The zero-order valence-corrected chi connectivity index (χ0v) is 8.97. The predicted molar refractivity (Wildman–Crippen MR) is 53.1 cm³/mol. The van der Waals surface area contributed by atoms with E-state index in [1.807, 2.05) is 20.8 Å². The Kier molecular flexibility index (Phi) is 2.87. The first-order valence-corrected chi connectivity index (χ1v) is 4.76. The lowest BCUT2D eigenvalue weighted by molar-refractivity contribution is -0.130. The highest BCUT2D eigenvalue weighted by molar-refractivity contribution is 7.06. The smallest absolute Gasteiger partial charge is 0.382 e. The van der Waals surface area contributed by atoms with Crippen LogP contribution in [0.15, 0.2) is 0 Å². The summed E-state index contributed by atoms with van der Waals surface area (Å²) in [6, 6.07) is 0. The normalized spacial score (nSPS) is 10.5. The van der Waals surface area contributed by atoms with E-state index in [2.05, 4.69) is 21.4 Å². The maximum atomic E-state index is 10.2. The molecule has 0 amide bonds. The molecular formula is C9H10N2O2S. The summed E-state index contributed by atoms with van der Waals surface area (Å²) in [6.07, 6.45) is 0. The molecule has 0 atom stereocenters. The predicted octanol–water partition coefficient (Wildman–Crippen LogP) is 1.27. The minimum atomic E-state index is -1.14. The Hall–Kier alpha value is -1.41. The van der Waals surface area contributed by atoms with Crippen molar-refractivity contribution in [2.45, 2.75) is 26.2 Å². The molecule has 4 nitrogen and oxygen atoms in total. The van der Waals surface area contributed by atoms with E-state index in [0.717, 1.165) is 17.2 Å². The van der Waals surface area contributed by atoms with Gasteiger partial charge >= 0.3 is 5.97 Å². The second-order valence-corrected chi connectivity index (χ2v) is 4.51. The standard InChI is InChI=1S/C9H10N2O2S/c1-9(2,3)8-6(14-11-10-8)4-5-7(12)13/h1-3H3,(H,12,13). The van der Waals surface area contributed by atoms with Crippen LogP contribution < -0.4 is 0 Å². The van der Waals surface area contributed by atoms with Crippen LogP contribution in [0.25, 0.3) is 0 Å². The third-order valence-electron chi connectivity index (χ3n) is 1.48. The van der Waals surface area contributed by atoms with Crippen molar-refractivity contribution in [3.8, 4) is 11.8 Å². The van der Waals surface area contributed by atoms with Crippen molar-refractivity contribution in [3.05, 3.63) is 10.6 Å². The van der Waals surface area contributed by atoms with Gasteiger partial charge in [0.05, 0.1) is 5.69 Å². The second-order valence-electron chi connectivity index (χ2n) is 3.76. The highest BCUT2D eigenvalue weighted by Gasteiger charge is 2.21. The Bertz CT molecular complexity index is 406. The lowest BCUT2D eigenvalue weighted by Gasteiger charge is -2.14. The monoisotopic (exact) mass is 210 g/mol. The first-order valence-electron chi connectivity index (χ1n) is 3.99. The number of carbonyl (C=O) groups is 1. The fourth-order valence-corrected chi connectivity index (χ4v) is 1.61. The minimum absolute atomic E-state index is 0.157. The van der Waals surface area contributed by atoms with Crippen molar-refractivity contribution in [2.24, 2.45) is 0 Å². The fourth-order valence-electron chi connectivity index (χ4n) is 0.874. The molecule has 1 N–H and O–H groups in total. The number of nitrogens with zero attached hydrogens (tertiary/aromatic N) is 2. The quantitative estimate of drug-likeness (QED) is 0.655. The number of hydrogen-bond acceptors (Lipinski definition) is 4. The van der Waals surface area contributed by atoms with Gasteiger partial charge in [-0.25, -0.2) is 4.79 Å². The SMILES string of the molecule is CC(C)(C)c1nnsc1C#CC(=O)O. The summed E-state index contributed by atoms with van der Waals surface area (Å²) in [5, 5.41) is 12.3. The minimum Gasteiger partial charge on any atom is -0.472 e. The molecule has 1 aromatic rings. The van der Waals surface area contributed by atoms with E-state index in [1.165, 1.54) is 0 Å². The molecule has 0 aromatic carbocycles. The van der Waals surface area contributed by atoms with Crippen molar-refractivity contribution in [1.29, 1.82) is 0 Å². The average Bonchev–Trinajstić information content (AvgIpc) is 2.46. The molecule has 0 aliphatic carbocycles. The summed E-state index contributed by atoms with van der Waals surface area (Å²) in [7, 11) is 0. The number of rotatable bonds is 0. The van der Waals surface area contributed by atoms with Gasteiger partial charge in [0, 0.05) is 11.3 Å². The maximum absolute atomic E-state index is 10.2. The van der Waals surface area contributed by atoms with Crippen molar-refractivity contribution in [2.75, 3.05) is 0 Å². The van der Waals surface area contributed by atoms with Crippen LogP contribution in [0.5, 0.6) is 0 Å². The Labute approximate surface area is 86.1 Å². The van der Waals surface area contributed by atoms with Crippen molar-refractivity contribution >= 4 is 17.5 Å². The first-order chi connectivity index (χ1) is 6.41. The van der Waals surface area contributed by atoms with Gasteiger partial charge in [-0.3, -0.25) is 0 Å². The Morgan fingerprint density at radius 1 is 1.50 bits per heavy atom. The summed E-state index contributed by atoms with van der Waals surface area (Å²) in [6.45, 7) is 5.95. The maximum Gasteiger partial charge on any atom is 0.382 e. The zero-order chi connectivity index (χ0) is 10.8. The van der Waals surface area contributed by atoms with Crippen LogP contribution >= 0.6 is 11.5 Å². The van der Waals surface area contributed by atoms with Crippen LogP contribution in [0, 0.1) is 11.8 Å². The molecule has 74 valence electrons. The zero-order valence-electron chi connectivity index (χ0n) is 8.16. The first kappa shape index (κ1) is 10.7. The average molecular weight is 210 g/mol. The van der Waals surface area contributed by atoms with Crippen LogP contribution in [0.1, 0.15) is 31.3 Å². The van der Waals surface area contributed by atoms with E-state index < -0.39 is 5.97 Å². The summed E-state index contributed by atoms with van der Waals surface area (Å²) in [5.74, 6) is 3.46. The molecule has 5 heteroatoms. The molecular weight excluding hydrogens is 200 g/mol. The Balaban J connectivity index is 3.08. The highest BCUT2D eigenvalue weighted by atomic mass is 32.1. The van der Waals surface area contributed by atoms with Gasteiger partial charge in [0.2, 0.25) is 0 Å². The van der Waals surface area contributed by atoms with Crippen molar-refractivity contribution < 1.29 is 9.90 Å². The molecule has 0 saturated carbocycles. The van der Waals surface area contributed by atoms with Gasteiger partial charge in [-0.1, -0.05) is 25.3 Å². The molecule has 0 bridgehead atoms. The molecule has 1 heterocycles. The molecule has 0 radical (unpaired) electrons. The molecule has 0 aliphatic heterocycles. The Morgan fingerprint density at radius 2 is 2.14 bits per heavy atom. The van der Waals surface area contributed by atoms with Gasteiger partial charge in [-0.2, -0.15) is 0 Å². The summed E-state index contributed by atoms with van der Waals surface area (Å²) in [4.78, 5) is 10.9.